The van der Waals surface area contributed by atoms with E-state index in [9.17, 15) is 8.42 Å². The lowest BCUT2D eigenvalue weighted by molar-refractivity contribution is 0.201. The number of alkyl halides is 1. The van der Waals surface area contributed by atoms with Gasteiger partial charge in [0.05, 0.1) is 17.6 Å². The fourth-order valence-electron chi connectivity index (χ4n) is 0.909. The molecular formula is C7H12BrN3O3S. The van der Waals surface area contributed by atoms with Gasteiger partial charge in [-0.05, 0) is 0 Å². The number of aromatic nitrogens is 2. The van der Waals surface area contributed by atoms with Gasteiger partial charge in [-0.25, -0.2) is 13.1 Å². The summed E-state index contributed by atoms with van der Waals surface area (Å²) >= 11 is 3.28. The number of H-pyrrole nitrogens is 1. The molecule has 6 nitrogen and oxygen atoms in total. The van der Waals surface area contributed by atoms with Crippen LogP contribution in [0.25, 0.3) is 0 Å². The lowest BCUT2D eigenvalue weighted by atomic mass is 10.5. The highest BCUT2D eigenvalue weighted by atomic mass is 79.9. The molecule has 0 aliphatic heterocycles. The largest absolute Gasteiger partial charge is 0.383 e. The average Bonchev–Trinajstić information content (AvgIpc) is 2.69. The first kappa shape index (κ1) is 12.6. The normalized spacial score (nSPS) is 14.0. The van der Waals surface area contributed by atoms with E-state index in [-0.39, 0.29) is 16.3 Å². The molecule has 15 heavy (non-hydrogen) atoms. The molecule has 86 valence electrons. The predicted octanol–water partition coefficient (Wildman–Crippen LogP) is 0.0979. The summed E-state index contributed by atoms with van der Waals surface area (Å²) in [6.07, 6.45) is 2.57. The number of aromatic amines is 1. The standard InChI is InChI=1S/C7H12BrN3O3S/c1-14-5-6(8)2-11-15(12,13)7-3-9-10-4-7/h3-4,6,11H,2,5H2,1H3,(H,9,10). The zero-order chi connectivity index (χ0) is 11.3. The van der Waals surface area contributed by atoms with Gasteiger partial charge < -0.3 is 4.74 Å². The first-order valence-corrected chi connectivity index (χ1v) is 6.57. The number of nitrogens with zero attached hydrogens (tertiary/aromatic N) is 1. The molecule has 1 heterocycles. The van der Waals surface area contributed by atoms with Crippen LogP contribution in [0.3, 0.4) is 0 Å². The van der Waals surface area contributed by atoms with E-state index in [0.29, 0.717) is 6.61 Å². The monoisotopic (exact) mass is 297 g/mol. The summed E-state index contributed by atoms with van der Waals surface area (Å²) in [7, 11) is -1.91. The van der Waals surface area contributed by atoms with Crippen LogP contribution in [0.1, 0.15) is 0 Å². The van der Waals surface area contributed by atoms with Crippen molar-refractivity contribution in [3.8, 4) is 0 Å². The lowest BCUT2D eigenvalue weighted by Crippen LogP contribution is -2.31. The van der Waals surface area contributed by atoms with E-state index in [1.54, 1.807) is 7.11 Å². The minimum absolute atomic E-state index is 0.0517. The van der Waals surface area contributed by atoms with Crippen LogP contribution in [0.4, 0.5) is 0 Å². The molecule has 0 spiro atoms. The zero-order valence-corrected chi connectivity index (χ0v) is 10.5. The minimum Gasteiger partial charge on any atom is -0.383 e. The molecule has 0 saturated heterocycles. The molecule has 0 saturated carbocycles. The van der Waals surface area contributed by atoms with Crippen molar-refractivity contribution in [1.29, 1.82) is 0 Å². The third kappa shape index (κ3) is 3.90. The van der Waals surface area contributed by atoms with Gasteiger partial charge in [0.1, 0.15) is 4.90 Å². The maximum Gasteiger partial charge on any atom is 0.243 e. The molecule has 0 aliphatic carbocycles. The van der Waals surface area contributed by atoms with Gasteiger partial charge >= 0.3 is 0 Å². The summed E-state index contributed by atoms with van der Waals surface area (Å²) in [6.45, 7) is 0.704. The van der Waals surface area contributed by atoms with Gasteiger partial charge in [-0.1, -0.05) is 15.9 Å². The topological polar surface area (TPSA) is 84.1 Å². The van der Waals surface area contributed by atoms with E-state index >= 15 is 0 Å². The number of halogens is 1. The zero-order valence-electron chi connectivity index (χ0n) is 8.10. The molecule has 0 radical (unpaired) electrons. The lowest BCUT2D eigenvalue weighted by Gasteiger charge is -2.09. The maximum atomic E-state index is 11.6. The van der Waals surface area contributed by atoms with Gasteiger partial charge in [-0.3, -0.25) is 5.10 Å². The molecule has 1 atom stereocenters. The number of nitrogens with one attached hydrogen (secondary N) is 2. The highest BCUT2D eigenvalue weighted by molar-refractivity contribution is 9.09. The van der Waals surface area contributed by atoms with Crippen LogP contribution in [-0.2, 0) is 14.8 Å². The number of rotatable bonds is 6. The summed E-state index contributed by atoms with van der Waals surface area (Å²) in [4.78, 5) is 0.0730. The van der Waals surface area contributed by atoms with Crippen LogP contribution in [0.15, 0.2) is 17.3 Å². The Morgan fingerprint density at radius 3 is 3.00 bits per heavy atom. The fourth-order valence-corrected chi connectivity index (χ4v) is 2.54. The number of hydrogen-bond donors (Lipinski definition) is 2. The highest BCUT2D eigenvalue weighted by Gasteiger charge is 2.16. The van der Waals surface area contributed by atoms with E-state index in [2.05, 4.69) is 30.8 Å². The minimum atomic E-state index is -3.46. The number of ether oxygens (including phenoxy) is 1. The molecule has 2 N–H and O–H groups in total. The molecule has 0 amide bonds. The van der Waals surface area contributed by atoms with Crippen molar-refractivity contribution in [3.05, 3.63) is 12.4 Å². The van der Waals surface area contributed by atoms with Crippen LogP contribution >= 0.6 is 15.9 Å². The predicted molar refractivity (Wildman–Crippen MR) is 58.4 cm³/mol. The Bertz CT molecular complexity index is 378. The molecular weight excluding hydrogens is 286 g/mol. The Hall–Kier alpha value is -0.440. The van der Waals surface area contributed by atoms with Crippen LogP contribution < -0.4 is 4.72 Å². The van der Waals surface area contributed by atoms with Crippen molar-refractivity contribution in [1.82, 2.24) is 14.9 Å². The molecule has 0 aromatic carbocycles. The van der Waals surface area contributed by atoms with Gasteiger partial charge in [0.25, 0.3) is 0 Å². The molecule has 1 rings (SSSR count). The highest BCUT2D eigenvalue weighted by Crippen LogP contribution is 2.05. The quantitative estimate of drug-likeness (QED) is 0.730. The SMILES string of the molecule is COCC(Br)CNS(=O)(=O)c1cn[nH]c1. The van der Waals surface area contributed by atoms with Crippen molar-refractivity contribution in [3.63, 3.8) is 0 Å². The Labute approximate surface area is 96.6 Å². The number of hydrogen-bond acceptors (Lipinski definition) is 4. The van der Waals surface area contributed by atoms with Crippen molar-refractivity contribution < 1.29 is 13.2 Å². The smallest absolute Gasteiger partial charge is 0.243 e. The summed E-state index contributed by atoms with van der Waals surface area (Å²) in [5.41, 5.74) is 0. The third-order valence-electron chi connectivity index (χ3n) is 1.63. The maximum absolute atomic E-state index is 11.6. The molecule has 1 aromatic heterocycles. The van der Waals surface area contributed by atoms with Crippen molar-refractivity contribution in [2.45, 2.75) is 9.72 Å². The van der Waals surface area contributed by atoms with Gasteiger partial charge in [0.2, 0.25) is 10.0 Å². The summed E-state index contributed by atoms with van der Waals surface area (Å²) in [5.74, 6) is 0. The van der Waals surface area contributed by atoms with Crippen molar-refractivity contribution >= 4 is 26.0 Å². The molecule has 0 fully saturated rings. The van der Waals surface area contributed by atoms with Crippen LogP contribution in [-0.4, -0.2) is 43.7 Å². The van der Waals surface area contributed by atoms with Gasteiger partial charge in [0, 0.05) is 19.9 Å². The Balaban J connectivity index is 2.52. The van der Waals surface area contributed by atoms with Crippen LogP contribution in [0, 0.1) is 0 Å². The van der Waals surface area contributed by atoms with E-state index in [1.807, 2.05) is 0 Å². The van der Waals surface area contributed by atoms with Crippen LogP contribution in [0.2, 0.25) is 0 Å². The molecule has 1 aromatic rings. The third-order valence-corrected chi connectivity index (χ3v) is 3.60. The number of sulfonamides is 1. The van der Waals surface area contributed by atoms with E-state index in [1.165, 1.54) is 12.4 Å². The first-order valence-electron chi connectivity index (χ1n) is 4.17. The average molecular weight is 298 g/mol. The van der Waals surface area contributed by atoms with E-state index < -0.39 is 10.0 Å². The molecule has 8 heteroatoms. The van der Waals surface area contributed by atoms with E-state index in [4.69, 9.17) is 4.74 Å². The van der Waals surface area contributed by atoms with Gasteiger partial charge in [-0.15, -0.1) is 0 Å². The molecule has 1 unspecified atom stereocenters. The Morgan fingerprint density at radius 2 is 2.47 bits per heavy atom. The second kappa shape index (κ2) is 5.59. The second-order valence-electron chi connectivity index (χ2n) is 2.84. The molecule has 0 bridgehead atoms. The summed E-state index contributed by atoms with van der Waals surface area (Å²) in [6, 6.07) is 0. The van der Waals surface area contributed by atoms with Gasteiger partial charge in [0.15, 0.2) is 0 Å². The Morgan fingerprint density at radius 1 is 1.73 bits per heavy atom. The number of methoxy groups -OCH3 is 1. The second-order valence-corrected chi connectivity index (χ2v) is 5.90. The van der Waals surface area contributed by atoms with Gasteiger partial charge in [-0.2, -0.15) is 5.10 Å². The van der Waals surface area contributed by atoms with E-state index in [0.717, 1.165) is 0 Å². The Kier molecular flexibility index (Phi) is 4.71. The summed E-state index contributed by atoms with van der Waals surface area (Å²) < 4.78 is 30.4. The van der Waals surface area contributed by atoms with Crippen molar-refractivity contribution in [2.75, 3.05) is 20.3 Å². The summed E-state index contributed by atoms with van der Waals surface area (Å²) in [5, 5.41) is 6.01. The fraction of sp³-hybridized carbons (Fsp3) is 0.571. The van der Waals surface area contributed by atoms with Crippen LogP contribution in [0.5, 0.6) is 0 Å². The van der Waals surface area contributed by atoms with Crippen molar-refractivity contribution in [2.24, 2.45) is 0 Å². The molecule has 0 aliphatic rings. The first-order chi connectivity index (χ1) is 7.06.